The van der Waals surface area contributed by atoms with Crippen LogP contribution in [-0.4, -0.2) is 58.7 Å². The number of ether oxygens (including phenoxy) is 4. The summed E-state index contributed by atoms with van der Waals surface area (Å²) in [6.07, 6.45) is 0. The summed E-state index contributed by atoms with van der Waals surface area (Å²) in [6.45, 7) is 15.5. The van der Waals surface area contributed by atoms with Crippen molar-refractivity contribution in [3.8, 4) is 46.0 Å². The molecule has 0 spiro atoms. The van der Waals surface area contributed by atoms with Gasteiger partial charge in [0.2, 0.25) is 0 Å². The third-order valence-electron chi connectivity index (χ3n) is 17.0. The number of fused-ring (bicyclic) bond motifs is 2. The fourth-order valence-electron chi connectivity index (χ4n) is 12.8. The average molecular weight is 1330 g/mol. The lowest BCUT2D eigenvalue weighted by atomic mass is 9.80. The molecule has 4 amide bonds. The Morgan fingerprint density at radius 3 is 0.681 bits per heavy atom. The van der Waals surface area contributed by atoms with Gasteiger partial charge in [-0.1, -0.05) is 91.8 Å². The van der Waals surface area contributed by atoms with Gasteiger partial charge in [-0.05, 0) is 212 Å². The van der Waals surface area contributed by atoms with Gasteiger partial charge in [0.25, 0.3) is 23.6 Å². The predicted molar refractivity (Wildman–Crippen MR) is 354 cm³/mol. The third-order valence-corrected chi connectivity index (χ3v) is 19.6. The molecule has 0 radical (unpaired) electrons. The van der Waals surface area contributed by atoms with Crippen molar-refractivity contribution >= 4 is 122 Å². The molecule has 0 saturated heterocycles. The van der Waals surface area contributed by atoms with E-state index in [4.69, 9.17) is 18.9 Å². The molecule has 2 aliphatic rings. The number of rotatable bonds is 18. The van der Waals surface area contributed by atoms with E-state index in [1.165, 1.54) is 121 Å². The van der Waals surface area contributed by atoms with Crippen molar-refractivity contribution < 1.29 is 73.2 Å². The summed E-state index contributed by atoms with van der Waals surface area (Å²) in [4.78, 5) is 67.0. The monoisotopic (exact) mass is 1330 g/mol. The lowest BCUT2D eigenvalue weighted by Gasteiger charge is -2.35. The smallest absolute Gasteiger partial charge is 0.266 e. The molecule has 0 aromatic heterocycles. The zero-order valence-corrected chi connectivity index (χ0v) is 54.6. The van der Waals surface area contributed by atoms with Crippen LogP contribution in [0.4, 0.5) is 11.4 Å². The molecule has 0 N–H and O–H groups in total. The second-order valence-corrected chi connectivity index (χ2v) is 27.8. The summed E-state index contributed by atoms with van der Waals surface area (Å²) in [6, 6.07) is 38.7. The number of imide groups is 2. The first kappa shape index (κ1) is 63.4. The van der Waals surface area contributed by atoms with Gasteiger partial charge in [0, 0.05) is 62.7 Å². The largest absolute Gasteiger partial charge is 0.768 e. The van der Waals surface area contributed by atoms with E-state index in [9.17, 15) is 35.0 Å². The highest BCUT2D eigenvalue weighted by molar-refractivity contribution is 7.79. The van der Waals surface area contributed by atoms with Crippen molar-refractivity contribution in [2.75, 3.05) is 9.80 Å². The van der Waals surface area contributed by atoms with Crippen LogP contribution >= 0.6 is 0 Å². The van der Waals surface area contributed by atoms with Crippen LogP contribution in [-0.2, 0) is 44.3 Å². The fourth-order valence-corrected chi connectivity index (χ4v) is 14.2. The van der Waals surface area contributed by atoms with Gasteiger partial charge >= 0.3 is 0 Å². The van der Waals surface area contributed by atoms with E-state index in [0.717, 1.165) is 9.80 Å². The molecule has 11 aromatic rings. The van der Waals surface area contributed by atoms with Crippen molar-refractivity contribution in [2.45, 2.75) is 98.6 Å². The molecule has 0 saturated carbocycles. The minimum Gasteiger partial charge on any atom is -0.768 e. The average Bonchev–Trinajstić information content (AvgIpc) is 0.673. The van der Waals surface area contributed by atoms with Gasteiger partial charge < -0.3 is 37.2 Å². The molecule has 0 aliphatic carbocycles. The molecule has 11 aromatic carbocycles. The highest BCUT2D eigenvalue weighted by atomic mass is 32.2. The molecule has 4 atom stereocenters. The van der Waals surface area contributed by atoms with Gasteiger partial charge in [0.05, 0.1) is 33.6 Å². The quantitative estimate of drug-likeness (QED) is 0.0334. The van der Waals surface area contributed by atoms with Gasteiger partial charge in [-0.3, -0.25) is 36.0 Å². The number of anilines is 2. The minimum absolute atomic E-state index is 0.0555. The maximum absolute atomic E-state index is 16.3. The van der Waals surface area contributed by atoms with Crippen molar-refractivity contribution in [3.63, 3.8) is 0 Å². The Labute approximate surface area is 548 Å². The van der Waals surface area contributed by atoms with E-state index in [1.807, 2.05) is 91.8 Å². The van der Waals surface area contributed by atoms with Crippen molar-refractivity contribution in [1.29, 1.82) is 0 Å². The maximum Gasteiger partial charge on any atom is 0.266 e. The van der Waals surface area contributed by atoms with Gasteiger partial charge in [-0.25, -0.2) is 9.80 Å². The van der Waals surface area contributed by atoms with Crippen molar-refractivity contribution in [2.24, 2.45) is 0 Å². The first-order valence-corrected chi connectivity index (χ1v) is 34.1. The second kappa shape index (κ2) is 24.5. The molecule has 22 heteroatoms. The number of hydrogen-bond donors (Lipinski definition) is 0. The third kappa shape index (κ3) is 10.7. The van der Waals surface area contributed by atoms with Crippen LogP contribution in [0.1, 0.15) is 143 Å². The molecule has 94 heavy (non-hydrogen) atoms. The molecule has 0 fully saturated rings. The van der Waals surface area contributed by atoms with Crippen LogP contribution in [0.2, 0.25) is 0 Å². The second-order valence-electron chi connectivity index (χ2n) is 24.0. The molecule has 4 unspecified atom stereocenters. The summed E-state index contributed by atoms with van der Waals surface area (Å²) >= 11 is -10.7. The Kier molecular flexibility index (Phi) is 16.5. The summed E-state index contributed by atoms with van der Waals surface area (Å²) in [5.41, 5.74) is 3.18. The number of amides is 4. The van der Waals surface area contributed by atoms with Gasteiger partial charge in [0.15, 0.2) is 0 Å². The maximum atomic E-state index is 16.3. The molecule has 0 bridgehead atoms. The molecule has 2 heterocycles. The predicted octanol–water partition coefficient (Wildman–Crippen LogP) is 16.0. The standard InChI is InChI=1S/C72H58N2O16S4/c1-35(2)47-11-9-12-48(36(3)4)67(47)73-69(75)51-31-55(87-39-15-23-43(24-16-39)91(79)80)61-63-57(89-41-19-27-45(28-20-41)93(83)84)33-53-60-54(72(78)74(71(53)77)68-49(37(5)6)13-10-14-50(68)38(7)8)34-58(90-42-21-29-46(30-22-42)94(85)86)64(66(60)63)62-56(32-52(70(73)76)59(51)65(61)62)88-40-17-25-44(26-18-40)92(81)82/h9-38H,1-8H3,(H,79,80)(H,81,82)(H,83,84)(H,85,86)/p-4. The van der Waals surface area contributed by atoms with E-state index in [-0.39, 0.29) is 155 Å². The van der Waals surface area contributed by atoms with Gasteiger partial charge in [-0.2, -0.15) is 0 Å². The summed E-state index contributed by atoms with van der Waals surface area (Å²) < 4.78 is 127. The molecule has 18 nitrogen and oxygen atoms in total. The van der Waals surface area contributed by atoms with E-state index >= 15 is 19.2 Å². The number of nitrogens with zero attached hydrogens (tertiary/aromatic N) is 2. The van der Waals surface area contributed by atoms with E-state index < -0.39 is 68.0 Å². The summed E-state index contributed by atoms with van der Waals surface area (Å²) in [5.74, 6) is -4.14. The Bertz CT molecular complexity index is 4510. The first-order chi connectivity index (χ1) is 44.9. The van der Waals surface area contributed by atoms with Crippen molar-refractivity contribution in [3.05, 3.63) is 202 Å². The molecule has 13 rings (SSSR count). The van der Waals surface area contributed by atoms with Crippen molar-refractivity contribution in [1.82, 2.24) is 0 Å². The Morgan fingerprint density at radius 2 is 0.500 bits per heavy atom. The minimum atomic E-state index is -2.67. The normalized spacial score (nSPS) is 14.6. The number of carbonyl (C=O) groups is 4. The van der Waals surface area contributed by atoms with Crippen LogP contribution < -0.4 is 28.7 Å². The van der Waals surface area contributed by atoms with Gasteiger partial charge in [-0.15, -0.1) is 0 Å². The Hall–Kier alpha value is -9.36. The van der Waals surface area contributed by atoms with E-state index in [1.54, 1.807) is 0 Å². The van der Waals surface area contributed by atoms with E-state index in [0.29, 0.717) is 33.6 Å². The zero-order chi connectivity index (χ0) is 66.6. The van der Waals surface area contributed by atoms with Crippen LogP contribution in [0.5, 0.6) is 46.0 Å². The number of para-hydroxylation sites is 2. The van der Waals surface area contributed by atoms with Crippen LogP contribution in [0.25, 0.3) is 43.1 Å². The summed E-state index contributed by atoms with van der Waals surface area (Å²) in [7, 11) is 0. The number of benzene rings is 11. The lowest BCUT2D eigenvalue weighted by molar-refractivity contribution is 0.0877. The lowest BCUT2D eigenvalue weighted by Crippen LogP contribution is -2.42. The topological polar surface area (TPSA) is 272 Å². The zero-order valence-electron chi connectivity index (χ0n) is 51.4. The highest BCUT2D eigenvalue weighted by Crippen LogP contribution is 2.59. The first-order valence-electron chi connectivity index (χ1n) is 29.8. The molecule has 476 valence electrons. The fraction of sp³-hybridized carbons (Fsp3) is 0.167. The number of hydrogen-bond acceptors (Lipinski definition) is 16. The van der Waals surface area contributed by atoms with Crippen LogP contribution in [0.3, 0.4) is 0 Å². The Balaban J connectivity index is 1.26. The van der Waals surface area contributed by atoms with Crippen LogP contribution in [0.15, 0.2) is 177 Å². The number of carbonyl (C=O) groups excluding carboxylic acids is 4. The molecular formula is C72H54N2O16S4-4. The Morgan fingerprint density at radius 1 is 0.298 bits per heavy atom. The van der Waals surface area contributed by atoms with E-state index in [2.05, 4.69) is 0 Å². The SMILES string of the molecule is CC(C)c1cccc(C(C)C)c1N1C(=O)c2cc(Oc3ccc(S(=O)[O-])cc3)c3c4c(Oc5ccc(S(=O)[O-])cc5)cc5c6c(cc(Oc7ccc(S(=O)[O-])cc7)c(c7c(Oc8ccc(S(=O)[O-])cc8)cc(c2c37)C1=O)c64)C(=O)N(c1c(C(C)C)cccc1C(C)C)C5=O. The summed E-state index contributed by atoms with van der Waals surface area (Å²) in [5, 5.41) is 0.671. The van der Waals surface area contributed by atoms with Crippen LogP contribution in [0, 0.1) is 0 Å². The van der Waals surface area contributed by atoms with Gasteiger partial charge in [0.1, 0.15) is 46.0 Å². The molecular weight excluding hydrogens is 1280 g/mol. The highest BCUT2D eigenvalue weighted by Gasteiger charge is 2.44. The molecule has 2 aliphatic heterocycles.